The van der Waals surface area contributed by atoms with E-state index in [1.807, 2.05) is 42.5 Å². The number of carbonyl (C=O) groups excluding carboxylic acids is 1. The van der Waals surface area contributed by atoms with Crippen molar-refractivity contribution in [2.75, 3.05) is 12.9 Å². The predicted octanol–water partition coefficient (Wildman–Crippen LogP) is 6.15. The van der Waals surface area contributed by atoms with Gasteiger partial charge in [-0.2, -0.15) is 0 Å². The molecule has 1 heterocycles. The van der Waals surface area contributed by atoms with E-state index in [1.54, 1.807) is 24.9 Å². The molecule has 3 rings (SSSR count). The van der Waals surface area contributed by atoms with E-state index in [0.717, 1.165) is 32.1 Å². The number of benzene rings is 2. The number of thioether (sulfide) groups is 2. The van der Waals surface area contributed by atoms with Crippen LogP contribution in [0, 0.1) is 0 Å². The lowest BCUT2D eigenvalue weighted by molar-refractivity contribution is -0.107. The van der Waals surface area contributed by atoms with Crippen LogP contribution < -0.4 is 9.47 Å². The van der Waals surface area contributed by atoms with Crippen LogP contribution >= 0.6 is 39.5 Å². The molecule has 2 aromatic carbocycles. The Bertz CT molecular complexity index is 913. The second kappa shape index (κ2) is 10.2. The molecule has 0 bridgehead atoms. The van der Waals surface area contributed by atoms with Crippen molar-refractivity contribution in [2.24, 2.45) is 4.99 Å². The van der Waals surface area contributed by atoms with Gasteiger partial charge in [-0.25, -0.2) is 4.99 Å². The van der Waals surface area contributed by atoms with Crippen molar-refractivity contribution >= 4 is 55.0 Å². The monoisotopic (exact) mass is 477 g/mol. The van der Waals surface area contributed by atoms with Gasteiger partial charge in [-0.3, -0.25) is 4.79 Å². The van der Waals surface area contributed by atoms with Crippen molar-refractivity contribution in [3.63, 3.8) is 0 Å². The third kappa shape index (κ3) is 5.43. The predicted molar refractivity (Wildman–Crippen MR) is 122 cm³/mol. The molecule has 1 aliphatic rings. The summed E-state index contributed by atoms with van der Waals surface area (Å²) in [6.07, 6.45) is 2.83. The summed E-state index contributed by atoms with van der Waals surface area (Å²) in [5, 5.41) is -0.0295. The Kier molecular flexibility index (Phi) is 7.65. The van der Waals surface area contributed by atoms with Crippen molar-refractivity contribution in [1.82, 2.24) is 0 Å². The number of rotatable bonds is 7. The Labute approximate surface area is 181 Å². The maximum atomic E-state index is 12.2. The molecule has 0 radical (unpaired) electrons. The second-order valence-corrected chi connectivity index (χ2v) is 9.11. The third-order valence-electron chi connectivity index (χ3n) is 3.81. The molecule has 0 amide bonds. The highest BCUT2D eigenvalue weighted by atomic mass is 79.9. The van der Waals surface area contributed by atoms with E-state index >= 15 is 0 Å². The van der Waals surface area contributed by atoms with Crippen LogP contribution in [0.2, 0.25) is 0 Å². The zero-order chi connectivity index (χ0) is 19.9. The fraction of sp³-hybridized carbons (Fsp3) is 0.238. The summed E-state index contributed by atoms with van der Waals surface area (Å²) in [5.41, 5.74) is 2.35. The minimum atomic E-state index is -0.0295. The maximum absolute atomic E-state index is 12.2. The molecule has 2 aromatic rings. The molecule has 1 aliphatic heterocycles. The number of ether oxygens (including phenoxy) is 2. The van der Waals surface area contributed by atoms with E-state index in [9.17, 15) is 4.79 Å². The van der Waals surface area contributed by atoms with Gasteiger partial charge in [0.25, 0.3) is 0 Å². The molecule has 0 N–H and O–H groups in total. The van der Waals surface area contributed by atoms with Crippen molar-refractivity contribution in [2.45, 2.75) is 20.0 Å². The van der Waals surface area contributed by atoms with E-state index in [1.165, 1.54) is 11.8 Å². The number of methoxy groups -OCH3 is 1. The van der Waals surface area contributed by atoms with E-state index in [-0.39, 0.29) is 5.12 Å². The Morgan fingerprint density at radius 2 is 2.04 bits per heavy atom. The summed E-state index contributed by atoms with van der Waals surface area (Å²) >= 11 is 6.37. The molecule has 28 heavy (non-hydrogen) atoms. The van der Waals surface area contributed by atoms with Crippen molar-refractivity contribution in [1.29, 1.82) is 0 Å². The van der Waals surface area contributed by atoms with Gasteiger partial charge in [0.2, 0.25) is 5.12 Å². The first-order valence-electron chi connectivity index (χ1n) is 8.80. The Hall–Kier alpha value is -1.70. The maximum Gasteiger partial charge on any atom is 0.244 e. The van der Waals surface area contributed by atoms with Gasteiger partial charge >= 0.3 is 0 Å². The average Bonchev–Trinajstić information content (AvgIpc) is 3.05. The van der Waals surface area contributed by atoms with Crippen LogP contribution in [0.4, 0.5) is 0 Å². The van der Waals surface area contributed by atoms with Gasteiger partial charge in [-0.05, 0) is 69.2 Å². The van der Waals surface area contributed by atoms with Crippen LogP contribution in [0.15, 0.2) is 57.6 Å². The fourth-order valence-electron chi connectivity index (χ4n) is 2.49. The highest BCUT2D eigenvalue weighted by Gasteiger charge is 2.22. The van der Waals surface area contributed by atoms with E-state index in [2.05, 4.69) is 27.8 Å². The van der Waals surface area contributed by atoms with Gasteiger partial charge in [0.1, 0.15) is 16.7 Å². The third-order valence-corrected chi connectivity index (χ3v) is 6.62. The van der Waals surface area contributed by atoms with Crippen molar-refractivity contribution < 1.29 is 14.3 Å². The van der Waals surface area contributed by atoms with Gasteiger partial charge in [0.05, 0.1) is 11.6 Å². The fourth-order valence-corrected chi connectivity index (χ4v) is 4.83. The molecule has 0 unspecified atom stereocenters. The first-order valence-corrected chi connectivity index (χ1v) is 11.4. The summed E-state index contributed by atoms with van der Waals surface area (Å²) in [7, 11) is 1.60. The Morgan fingerprint density at radius 3 is 2.75 bits per heavy atom. The SMILES string of the molecule is CCCSC1=NC(=Cc2cc(Br)c(OCc3ccccc3)c(OC)c2)C(=O)S1. The van der Waals surface area contributed by atoms with Crippen molar-refractivity contribution in [3.8, 4) is 11.5 Å². The minimum absolute atomic E-state index is 0.0295. The van der Waals surface area contributed by atoms with Crippen LogP contribution in [0.5, 0.6) is 11.5 Å². The molecule has 0 spiro atoms. The number of hydrogen-bond donors (Lipinski definition) is 0. The smallest absolute Gasteiger partial charge is 0.244 e. The zero-order valence-corrected chi connectivity index (χ0v) is 18.8. The van der Waals surface area contributed by atoms with Gasteiger partial charge in [0, 0.05) is 0 Å². The second-order valence-electron chi connectivity index (χ2n) is 5.95. The topological polar surface area (TPSA) is 47.9 Å². The van der Waals surface area contributed by atoms with Crippen LogP contribution in [-0.4, -0.2) is 22.4 Å². The van der Waals surface area contributed by atoms with Crippen LogP contribution in [0.3, 0.4) is 0 Å². The van der Waals surface area contributed by atoms with E-state index in [4.69, 9.17) is 9.47 Å². The molecule has 7 heteroatoms. The lowest BCUT2D eigenvalue weighted by Gasteiger charge is -2.13. The summed E-state index contributed by atoms with van der Waals surface area (Å²) in [6.45, 7) is 2.55. The average molecular weight is 478 g/mol. The largest absolute Gasteiger partial charge is 0.493 e. The quantitative estimate of drug-likeness (QED) is 0.447. The molecule has 0 aliphatic carbocycles. The minimum Gasteiger partial charge on any atom is -0.493 e. The number of carbonyl (C=O) groups is 1. The van der Waals surface area contributed by atoms with E-state index < -0.39 is 0 Å². The van der Waals surface area contributed by atoms with Gasteiger partial charge in [-0.15, -0.1) is 0 Å². The summed E-state index contributed by atoms with van der Waals surface area (Å²) in [6, 6.07) is 13.7. The first-order chi connectivity index (χ1) is 13.6. The van der Waals surface area contributed by atoms with Crippen LogP contribution in [0.25, 0.3) is 6.08 Å². The van der Waals surface area contributed by atoms with E-state index in [0.29, 0.717) is 23.8 Å². The number of hydrogen-bond acceptors (Lipinski definition) is 6. The number of halogens is 1. The molecular formula is C21H20BrNO3S2. The molecular weight excluding hydrogens is 458 g/mol. The van der Waals surface area contributed by atoms with Crippen molar-refractivity contribution in [3.05, 3.63) is 63.8 Å². The highest BCUT2D eigenvalue weighted by Crippen LogP contribution is 2.39. The summed E-state index contributed by atoms with van der Waals surface area (Å²) in [5.74, 6) is 2.18. The molecule has 0 atom stereocenters. The number of aliphatic imine (C=N–C) groups is 1. The van der Waals surface area contributed by atoms with Gasteiger partial charge in [0.15, 0.2) is 11.5 Å². The van der Waals surface area contributed by atoms with Crippen LogP contribution in [-0.2, 0) is 11.4 Å². The standard InChI is InChI=1S/C21H20BrNO3S2/c1-3-9-27-21-23-17(20(24)28-21)11-15-10-16(22)19(18(12-15)25-2)26-13-14-7-5-4-6-8-14/h4-8,10-12H,3,9,13H2,1-2H3. The Balaban J connectivity index is 1.81. The molecule has 4 nitrogen and oxygen atoms in total. The summed E-state index contributed by atoms with van der Waals surface area (Å²) in [4.78, 5) is 16.7. The van der Waals surface area contributed by atoms with Gasteiger partial charge in [-0.1, -0.05) is 49.0 Å². The zero-order valence-electron chi connectivity index (χ0n) is 15.6. The van der Waals surface area contributed by atoms with Crippen LogP contribution in [0.1, 0.15) is 24.5 Å². The first kappa shape index (κ1) is 21.0. The normalized spacial score (nSPS) is 15.0. The number of nitrogens with zero attached hydrogens (tertiary/aromatic N) is 1. The summed E-state index contributed by atoms with van der Waals surface area (Å²) < 4.78 is 13.0. The molecule has 0 saturated carbocycles. The molecule has 0 aromatic heterocycles. The highest BCUT2D eigenvalue weighted by molar-refractivity contribution is 9.10. The lowest BCUT2D eigenvalue weighted by Crippen LogP contribution is -1.99. The molecule has 146 valence electrons. The lowest BCUT2D eigenvalue weighted by atomic mass is 10.1. The molecule has 0 fully saturated rings. The van der Waals surface area contributed by atoms with Gasteiger partial charge < -0.3 is 9.47 Å². The Morgan fingerprint density at radius 1 is 1.25 bits per heavy atom. The molecule has 0 saturated heterocycles.